The van der Waals surface area contributed by atoms with E-state index in [2.05, 4.69) is 10.5 Å². The van der Waals surface area contributed by atoms with Gasteiger partial charge in [0, 0.05) is 10.4 Å². The van der Waals surface area contributed by atoms with E-state index in [-0.39, 0.29) is 5.91 Å². The first-order valence-corrected chi connectivity index (χ1v) is 8.60. The highest BCUT2D eigenvalue weighted by Crippen LogP contribution is 2.29. The minimum atomic E-state index is -0.140. The summed E-state index contributed by atoms with van der Waals surface area (Å²) in [5.41, 5.74) is 5.59. The van der Waals surface area contributed by atoms with E-state index >= 15 is 0 Å². The largest absolute Gasteiger partial charge is 0.496 e. The van der Waals surface area contributed by atoms with Crippen molar-refractivity contribution in [3.63, 3.8) is 0 Å². The van der Waals surface area contributed by atoms with E-state index < -0.39 is 0 Å². The molecule has 1 heterocycles. The van der Waals surface area contributed by atoms with Gasteiger partial charge >= 0.3 is 0 Å². The van der Waals surface area contributed by atoms with Gasteiger partial charge in [-0.25, -0.2) is 5.43 Å². The van der Waals surface area contributed by atoms with Crippen LogP contribution in [0, 0.1) is 0 Å². The highest BCUT2D eigenvalue weighted by Gasteiger charge is 2.17. The van der Waals surface area contributed by atoms with Gasteiger partial charge in [-0.15, -0.1) is 11.3 Å². The van der Waals surface area contributed by atoms with Crippen molar-refractivity contribution in [1.82, 2.24) is 5.43 Å². The monoisotopic (exact) mass is 328 g/mol. The van der Waals surface area contributed by atoms with E-state index in [9.17, 15) is 4.79 Å². The van der Waals surface area contributed by atoms with Crippen LogP contribution >= 0.6 is 11.3 Å². The van der Waals surface area contributed by atoms with E-state index in [4.69, 9.17) is 4.74 Å². The van der Waals surface area contributed by atoms with Crippen LogP contribution in [-0.4, -0.2) is 18.7 Å². The molecular formula is C18H20N2O2S. The molecule has 0 saturated heterocycles. The zero-order valence-electron chi connectivity index (χ0n) is 13.4. The summed E-state index contributed by atoms with van der Waals surface area (Å²) < 4.78 is 5.32. The summed E-state index contributed by atoms with van der Waals surface area (Å²) in [4.78, 5) is 14.4. The SMILES string of the molecule is COc1ccccc1/C(C)=N\NC(=O)c1cc2c(s1)CCCC2. The lowest BCUT2D eigenvalue weighted by Gasteiger charge is -2.08. The molecule has 0 atom stereocenters. The maximum Gasteiger partial charge on any atom is 0.281 e. The predicted octanol–water partition coefficient (Wildman–Crippen LogP) is 3.79. The Kier molecular flexibility index (Phi) is 4.76. The van der Waals surface area contributed by atoms with Crippen molar-refractivity contribution in [3.05, 3.63) is 51.2 Å². The molecule has 0 bridgehead atoms. The van der Waals surface area contributed by atoms with Gasteiger partial charge in [0.05, 0.1) is 17.7 Å². The summed E-state index contributed by atoms with van der Waals surface area (Å²) >= 11 is 1.59. The number of fused-ring (bicyclic) bond motifs is 1. The van der Waals surface area contributed by atoms with Crippen LogP contribution in [0.1, 0.15) is 45.4 Å². The Morgan fingerprint density at radius 1 is 1.26 bits per heavy atom. The van der Waals surface area contributed by atoms with Gasteiger partial charge in [-0.05, 0) is 56.4 Å². The third kappa shape index (κ3) is 3.45. The van der Waals surface area contributed by atoms with Crippen molar-refractivity contribution < 1.29 is 9.53 Å². The predicted molar refractivity (Wildman–Crippen MR) is 93.6 cm³/mol. The van der Waals surface area contributed by atoms with Gasteiger partial charge < -0.3 is 4.74 Å². The van der Waals surface area contributed by atoms with Gasteiger partial charge in [0.1, 0.15) is 5.75 Å². The number of methoxy groups -OCH3 is 1. The lowest BCUT2D eigenvalue weighted by atomic mass is 9.99. The number of hydrogen-bond acceptors (Lipinski definition) is 4. The molecule has 0 fully saturated rings. The molecule has 1 aromatic heterocycles. The lowest BCUT2D eigenvalue weighted by Crippen LogP contribution is -2.18. The van der Waals surface area contributed by atoms with E-state index in [1.165, 1.54) is 23.3 Å². The first-order valence-electron chi connectivity index (χ1n) is 7.78. The van der Waals surface area contributed by atoms with Crippen molar-refractivity contribution in [3.8, 4) is 5.75 Å². The Morgan fingerprint density at radius 2 is 2.04 bits per heavy atom. The van der Waals surface area contributed by atoms with Crippen LogP contribution in [0.4, 0.5) is 0 Å². The molecule has 120 valence electrons. The minimum Gasteiger partial charge on any atom is -0.496 e. The van der Waals surface area contributed by atoms with Crippen LogP contribution in [0.15, 0.2) is 35.4 Å². The van der Waals surface area contributed by atoms with Gasteiger partial charge in [0.15, 0.2) is 0 Å². The van der Waals surface area contributed by atoms with Crippen molar-refractivity contribution >= 4 is 23.0 Å². The second-order valence-corrected chi connectivity index (χ2v) is 6.74. The molecule has 0 unspecified atom stereocenters. The number of ether oxygens (including phenoxy) is 1. The fraction of sp³-hybridized carbons (Fsp3) is 0.333. The molecule has 23 heavy (non-hydrogen) atoms. The maximum absolute atomic E-state index is 12.3. The van der Waals surface area contributed by atoms with Gasteiger partial charge in [0.25, 0.3) is 5.91 Å². The van der Waals surface area contributed by atoms with E-state index in [0.717, 1.165) is 34.7 Å². The second-order valence-electron chi connectivity index (χ2n) is 5.60. The van der Waals surface area contributed by atoms with Crippen LogP contribution in [0.25, 0.3) is 0 Å². The molecule has 1 amide bonds. The van der Waals surface area contributed by atoms with Gasteiger partial charge in [-0.1, -0.05) is 12.1 Å². The fourth-order valence-electron chi connectivity index (χ4n) is 2.80. The summed E-state index contributed by atoms with van der Waals surface area (Å²) in [5, 5.41) is 4.23. The number of carbonyl (C=O) groups is 1. The number of nitrogens with one attached hydrogen (secondary N) is 1. The average Bonchev–Trinajstić information content (AvgIpc) is 3.03. The summed E-state index contributed by atoms with van der Waals surface area (Å²) in [6.07, 6.45) is 4.62. The molecule has 5 heteroatoms. The average molecular weight is 328 g/mol. The van der Waals surface area contributed by atoms with E-state index in [1.807, 2.05) is 37.3 Å². The maximum atomic E-state index is 12.3. The lowest BCUT2D eigenvalue weighted by molar-refractivity contribution is 0.0959. The number of aryl methyl sites for hydroxylation is 2. The number of hydrogen-bond donors (Lipinski definition) is 1. The van der Waals surface area contributed by atoms with Crippen LogP contribution in [-0.2, 0) is 12.8 Å². The Labute approximate surface area is 140 Å². The Balaban J connectivity index is 1.73. The Bertz CT molecular complexity index is 726. The number of rotatable bonds is 4. The number of amides is 1. The van der Waals surface area contributed by atoms with Gasteiger partial charge in [-0.2, -0.15) is 5.10 Å². The fourth-order valence-corrected chi connectivity index (χ4v) is 3.94. The molecule has 0 aliphatic heterocycles. The third-order valence-corrected chi connectivity index (χ3v) is 5.28. The molecule has 0 radical (unpaired) electrons. The van der Waals surface area contributed by atoms with E-state index in [0.29, 0.717) is 0 Å². The number of para-hydroxylation sites is 1. The molecular weight excluding hydrogens is 308 g/mol. The standard InChI is InChI=1S/C18H20N2O2S/c1-12(14-8-4-5-9-15(14)22-2)19-20-18(21)17-11-13-7-3-6-10-16(13)23-17/h4-5,8-9,11H,3,6-7,10H2,1-2H3,(H,20,21)/b19-12-. The van der Waals surface area contributed by atoms with Crippen molar-refractivity contribution in [2.45, 2.75) is 32.6 Å². The van der Waals surface area contributed by atoms with Crippen molar-refractivity contribution in [1.29, 1.82) is 0 Å². The molecule has 4 nitrogen and oxygen atoms in total. The molecule has 2 aromatic rings. The Morgan fingerprint density at radius 3 is 2.83 bits per heavy atom. The molecule has 1 aromatic carbocycles. The van der Waals surface area contributed by atoms with Gasteiger partial charge in [0.2, 0.25) is 0 Å². The quantitative estimate of drug-likeness (QED) is 0.686. The highest BCUT2D eigenvalue weighted by atomic mass is 32.1. The number of nitrogens with zero attached hydrogens (tertiary/aromatic N) is 1. The highest BCUT2D eigenvalue weighted by molar-refractivity contribution is 7.14. The second kappa shape index (κ2) is 6.96. The molecule has 3 rings (SSSR count). The van der Waals surface area contributed by atoms with Crippen LogP contribution in [0.3, 0.4) is 0 Å². The summed E-state index contributed by atoms with van der Waals surface area (Å²) in [6.45, 7) is 1.86. The van der Waals surface area contributed by atoms with Crippen LogP contribution in [0.5, 0.6) is 5.75 Å². The number of carbonyl (C=O) groups excluding carboxylic acids is 1. The summed E-state index contributed by atoms with van der Waals surface area (Å²) in [6, 6.07) is 9.65. The third-order valence-electron chi connectivity index (χ3n) is 4.04. The molecule has 0 saturated carbocycles. The minimum absolute atomic E-state index is 0.140. The topological polar surface area (TPSA) is 50.7 Å². The molecule has 1 aliphatic rings. The number of hydrazone groups is 1. The molecule has 0 spiro atoms. The van der Waals surface area contributed by atoms with Crippen molar-refractivity contribution in [2.24, 2.45) is 5.10 Å². The van der Waals surface area contributed by atoms with Gasteiger partial charge in [-0.3, -0.25) is 4.79 Å². The first kappa shape index (κ1) is 15.7. The molecule has 1 N–H and O–H groups in total. The van der Waals surface area contributed by atoms with Crippen LogP contribution < -0.4 is 10.2 Å². The summed E-state index contributed by atoms with van der Waals surface area (Å²) in [5.74, 6) is 0.605. The Hall–Kier alpha value is -2.14. The normalized spacial score (nSPS) is 14.3. The van der Waals surface area contributed by atoms with E-state index in [1.54, 1.807) is 18.4 Å². The van der Waals surface area contributed by atoms with Crippen LogP contribution in [0.2, 0.25) is 0 Å². The van der Waals surface area contributed by atoms with Crippen molar-refractivity contribution in [2.75, 3.05) is 7.11 Å². The first-order chi connectivity index (χ1) is 11.2. The molecule has 1 aliphatic carbocycles. The zero-order valence-corrected chi connectivity index (χ0v) is 14.2. The smallest absolute Gasteiger partial charge is 0.281 e. The number of benzene rings is 1. The number of thiophene rings is 1. The zero-order chi connectivity index (χ0) is 16.2. The summed E-state index contributed by atoms with van der Waals surface area (Å²) in [7, 11) is 1.63.